The van der Waals surface area contributed by atoms with Crippen molar-refractivity contribution in [2.75, 3.05) is 0 Å². The van der Waals surface area contributed by atoms with Gasteiger partial charge >= 0.3 is 0 Å². The molecule has 0 amide bonds. The summed E-state index contributed by atoms with van der Waals surface area (Å²) in [7, 11) is 0. The van der Waals surface area contributed by atoms with Gasteiger partial charge in [-0.15, -0.1) is 0 Å². The summed E-state index contributed by atoms with van der Waals surface area (Å²) < 4.78 is 1.84. The number of nitrogens with zero attached hydrogens (tertiary/aromatic N) is 2. The molecule has 0 spiro atoms. The molecule has 0 aliphatic rings. The average Bonchev–Trinajstić information content (AvgIpc) is 2.58. The number of aromatic nitrogens is 2. The van der Waals surface area contributed by atoms with Crippen molar-refractivity contribution in [3.63, 3.8) is 0 Å². The molecule has 1 aromatic carbocycles. The summed E-state index contributed by atoms with van der Waals surface area (Å²) in [5.74, 6) is 0. The number of hydrogen-bond donors (Lipinski definition) is 0. The van der Waals surface area contributed by atoms with Crippen LogP contribution in [0.15, 0.2) is 24.3 Å². The number of rotatable bonds is 2. The molecule has 0 aliphatic carbocycles. The number of benzene rings is 1. The Morgan fingerprint density at radius 2 is 1.82 bits per heavy atom. The smallest absolute Gasteiger partial charge is 0.134 e. The molecule has 2 nitrogen and oxygen atoms in total. The Kier molecular flexibility index (Phi) is 3.73. The lowest BCUT2D eigenvalue weighted by molar-refractivity contribution is 0.845. The second kappa shape index (κ2) is 4.94. The third-order valence-electron chi connectivity index (χ3n) is 2.30. The van der Waals surface area contributed by atoms with Gasteiger partial charge in [-0.1, -0.05) is 47.0 Å². The van der Waals surface area contributed by atoms with Crippen molar-refractivity contribution in [3.05, 3.63) is 45.7 Å². The fourth-order valence-corrected chi connectivity index (χ4v) is 2.16. The van der Waals surface area contributed by atoms with E-state index in [9.17, 15) is 0 Å². The van der Waals surface area contributed by atoms with Crippen LogP contribution in [0.2, 0.25) is 10.0 Å². The Bertz CT molecular complexity index is 575. The van der Waals surface area contributed by atoms with Crippen LogP contribution in [0.3, 0.4) is 0 Å². The van der Waals surface area contributed by atoms with Gasteiger partial charge in [0.25, 0.3) is 0 Å². The van der Waals surface area contributed by atoms with Crippen molar-refractivity contribution in [2.24, 2.45) is 0 Å². The van der Waals surface area contributed by atoms with Gasteiger partial charge in [0.05, 0.1) is 16.4 Å². The van der Waals surface area contributed by atoms with Gasteiger partial charge in [-0.2, -0.15) is 5.10 Å². The molecular weight excluding hydrogens is 299 g/mol. The molecule has 0 bridgehead atoms. The SMILES string of the molecule is Cc1c(Cl)c(C(=S)Cl)nn1-c1ccc(Cl)cc1. The second-order valence-corrected chi connectivity index (χ2v) is 5.23. The van der Waals surface area contributed by atoms with Crippen LogP contribution in [0.5, 0.6) is 0 Å². The zero-order chi connectivity index (χ0) is 12.6. The highest BCUT2D eigenvalue weighted by atomic mass is 35.5. The predicted octanol–water partition coefficient (Wildman–Crippen LogP) is 4.40. The van der Waals surface area contributed by atoms with E-state index < -0.39 is 0 Å². The normalized spacial score (nSPS) is 10.6. The largest absolute Gasteiger partial charge is 0.236 e. The average molecular weight is 306 g/mol. The van der Waals surface area contributed by atoms with E-state index >= 15 is 0 Å². The molecule has 0 N–H and O–H groups in total. The number of hydrogen-bond acceptors (Lipinski definition) is 2. The summed E-state index contributed by atoms with van der Waals surface area (Å²) >= 11 is 22.6. The van der Waals surface area contributed by atoms with E-state index in [0.29, 0.717) is 15.7 Å². The van der Waals surface area contributed by atoms with Crippen molar-refractivity contribution < 1.29 is 0 Å². The Labute approximate surface area is 119 Å². The maximum atomic E-state index is 6.11. The Morgan fingerprint density at radius 1 is 1.24 bits per heavy atom. The standard InChI is InChI=1S/C11H7Cl3N2S/c1-6-9(13)10(11(14)17)15-16(6)8-4-2-7(12)3-5-8/h2-5H,1H3. The van der Waals surface area contributed by atoms with E-state index in [2.05, 4.69) is 5.10 Å². The minimum Gasteiger partial charge on any atom is -0.236 e. The van der Waals surface area contributed by atoms with E-state index in [1.165, 1.54) is 0 Å². The van der Waals surface area contributed by atoms with Crippen molar-refractivity contribution in [3.8, 4) is 5.69 Å². The highest BCUT2D eigenvalue weighted by Crippen LogP contribution is 2.25. The molecule has 1 heterocycles. The van der Waals surface area contributed by atoms with Crippen LogP contribution in [-0.4, -0.2) is 14.1 Å². The first kappa shape index (κ1) is 12.8. The molecule has 0 aliphatic heterocycles. The monoisotopic (exact) mass is 304 g/mol. The Morgan fingerprint density at radius 3 is 2.29 bits per heavy atom. The van der Waals surface area contributed by atoms with Crippen LogP contribution in [0.1, 0.15) is 11.4 Å². The number of halogens is 3. The summed E-state index contributed by atoms with van der Waals surface area (Å²) in [6, 6.07) is 7.26. The topological polar surface area (TPSA) is 17.8 Å². The lowest BCUT2D eigenvalue weighted by atomic mass is 10.3. The molecule has 0 saturated heterocycles. The molecule has 0 unspecified atom stereocenters. The fourth-order valence-electron chi connectivity index (χ4n) is 1.44. The molecule has 0 radical (unpaired) electrons. The molecule has 2 rings (SSSR count). The summed E-state index contributed by atoms with van der Waals surface area (Å²) in [6.07, 6.45) is 0. The van der Waals surface area contributed by atoms with Crippen molar-refractivity contribution >= 4 is 51.3 Å². The van der Waals surface area contributed by atoms with Crippen molar-refractivity contribution in [2.45, 2.75) is 6.92 Å². The third-order valence-corrected chi connectivity index (χ3v) is 3.38. The first-order valence-corrected chi connectivity index (χ1v) is 6.26. The molecule has 0 atom stereocenters. The van der Waals surface area contributed by atoms with Crippen molar-refractivity contribution in [1.82, 2.24) is 9.78 Å². The van der Waals surface area contributed by atoms with Crippen LogP contribution in [0.25, 0.3) is 5.69 Å². The van der Waals surface area contributed by atoms with E-state index in [4.69, 9.17) is 47.0 Å². The van der Waals surface area contributed by atoms with E-state index in [1.807, 2.05) is 19.1 Å². The molecule has 2 aromatic rings. The Balaban J connectivity index is 2.56. The maximum absolute atomic E-state index is 6.11. The quantitative estimate of drug-likeness (QED) is 0.604. The first-order chi connectivity index (χ1) is 8.00. The molecular formula is C11H7Cl3N2S. The van der Waals surface area contributed by atoms with Gasteiger partial charge in [0.15, 0.2) is 0 Å². The number of thiocarbonyl (C=S) groups is 1. The molecule has 88 valence electrons. The van der Waals surface area contributed by atoms with Crippen LogP contribution in [0.4, 0.5) is 0 Å². The van der Waals surface area contributed by atoms with E-state index in [-0.39, 0.29) is 4.32 Å². The van der Waals surface area contributed by atoms with Crippen LogP contribution in [-0.2, 0) is 0 Å². The highest BCUT2D eigenvalue weighted by Gasteiger charge is 2.16. The van der Waals surface area contributed by atoms with Gasteiger partial charge in [-0.25, -0.2) is 4.68 Å². The zero-order valence-corrected chi connectivity index (χ0v) is 11.8. The van der Waals surface area contributed by atoms with Gasteiger partial charge in [-0.3, -0.25) is 0 Å². The first-order valence-electron chi connectivity index (χ1n) is 4.71. The van der Waals surface area contributed by atoms with Gasteiger partial charge in [0.1, 0.15) is 10.0 Å². The predicted molar refractivity (Wildman–Crippen MR) is 75.9 cm³/mol. The van der Waals surface area contributed by atoms with Gasteiger partial charge in [0, 0.05) is 5.02 Å². The maximum Gasteiger partial charge on any atom is 0.134 e. The third kappa shape index (κ3) is 2.47. The van der Waals surface area contributed by atoms with Crippen molar-refractivity contribution in [1.29, 1.82) is 0 Å². The summed E-state index contributed by atoms with van der Waals surface area (Å²) in [6.45, 7) is 1.85. The van der Waals surface area contributed by atoms with Crippen LogP contribution in [0, 0.1) is 6.92 Å². The highest BCUT2D eigenvalue weighted by molar-refractivity contribution is 7.83. The van der Waals surface area contributed by atoms with Gasteiger partial charge in [-0.05, 0) is 31.2 Å². The Hall–Kier alpha value is -0.610. The second-order valence-electron chi connectivity index (χ2n) is 3.41. The van der Waals surface area contributed by atoms with Crippen LogP contribution < -0.4 is 0 Å². The molecule has 1 aromatic heterocycles. The molecule has 17 heavy (non-hydrogen) atoms. The molecule has 0 fully saturated rings. The summed E-state index contributed by atoms with van der Waals surface area (Å²) in [4.78, 5) is 0. The van der Waals surface area contributed by atoms with Gasteiger partial charge < -0.3 is 0 Å². The summed E-state index contributed by atoms with van der Waals surface area (Å²) in [5, 5.41) is 5.41. The minimum absolute atomic E-state index is 0.158. The van der Waals surface area contributed by atoms with E-state index in [1.54, 1.807) is 16.8 Å². The lowest BCUT2D eigenvalue weighted by Gasteiger charge is -2.03. The molecule has 0 saturated carbocycles. The minimum atomic E-state index is 0.158. The van der Waals surface area contributed by atoms with Gasteiger partial charge in [0.2, 0.25) is 0 Å². The zero-order valence-electron chi connectivity index (χ0n) is 8.75. The lowest BCUT2D eigenvalue weighted by Crippen LogP contribution is -1.99. The summed E-state index contributed by atoms with van der Waals surface area (Å²) in [5.41, 5.74) is 2.07. The molecule has 6 heteroatoms. The van der Waals surface area contributed by atoms with Crippen LogP contribution >= 0.6 is 47.0 Å². The fraction of sp³-hybridized carbons (Fsp3) is 0.0909. The van der Waals surface area contributed by atoms with E-state index in [0.717, 1.165) is 11.4 Å².